The number of sulfonamides is 1. The van der Waals surface area contributed by atoms with E-state index in [1.165, 1.54) is 18.2 Å². The zero-order valence-electron chi connectivity index (χ0n) is 9.76. The molecule has 1 aromatic rings. The van der Waals surface area contributed by atoms with Gasteiger partial charge in [-0.3, -0.25) is 4.79 Å². The molecule has 0 saturated heterocycles. The Morgan fingerprint density at radius 3 is 2.37 bits per heavy atom. The summed E-state index contributed by atoms with van der Waals surface area (Å²) < 4.78 is 30.5. The van der Waals surface area contributed by atoms with Crippen LogP contribution in [0.25, 0.3) is 0 Å². The molecule has 1 aromatic carbocycles. The van der Waals surface area contributed by atoms with Crippen LogP contribution in [0.2, 0.25) is 10.0 Å². The topological polar surface area (TPSA) is 92.7 Å². The van der Waals surface area contributed by atoms with Crippen molar-refractivity contribution in [3.05, 3.63) is 28.2 Å². The predicted octanol–water partition coefficient (Wildman–Crippen LogP) is 0.806. The van der Waals surface area contributed by atoms with Crippen molar-refractivity contribution in [2.45, 2.75) is 10.9 Å². The van der Waals surface area contributed by atoms with E-state index in [9.17, 15) is 13.2 Å². The molecule has 0 amide bonds. The first-order valence-corrected chi connectivity index (χ1v) is 7.22. The second-order valence-electron chi connectivity index (χ2n) is 3.43. The number of methoxy groups -OCH3 is 1. The van der Waals surface area contributed by atoms with Gasteiger partial charge < -0.3 is 9.84 Å². The number of carbonyl (C=O) groups excluding carboxylic acids is 1. The molecule has 1 unspecified atom stereocenters. The van der Waals surface area contributed by atoms with Gasteiger partial charge in [-0.05, 0) is 12.1 Å². The third-order valence-electron chi connectivity index (χ3n) is 2.15. The van der Waals surface area contributed by atoms with Crippen LogP contribution in [0.5, 0.6) is 0 Å². The highest BCUT2D eigenvalue weighted by atomic mass is 35.5. The molecular weight excluding hydrogens is 317 g/mol. The van der Waals surface area contributed by atoms with E-state index in [2.05, 4.69) is 4.74 Å². The molecule has 1 atom stereocenters. The Labute approximate surface area is 120 Å². The number of hydrogen-bond acceptors (Lipinski definition) is 5. The van der Waals surface area contributed by atoms with Gasteiger partial charge in [0, 0.05) is 0 Å². The Morgan fingerprint density at radius 1 is 1.42 bits per heavy atom. The van der Waals surface area contributed by atoms with Crippen molar-refractivity contribution in [1.29, 1.82) is 0 Å². The minimum Gasteiger partial charge on any atom is -0.468 e. The number of halogens is 2. The van der Waals surface area contributed by atoms with Gasteiger partial charge in [-0.25, -0.2) is 8.42 Å². The molecule has 6 nitrogen and oxygen atoms in total. The molecule has 0 aliphatic heterocycles. The van der Waals surface area contributed by atoms with Crippen LogP contribution in [-0.4, -0.2) is 39.3 Å². The minimum atomic E-state index is -4.16. The lowest BCUT2D eigenvalue weighted by molar-refractivity contribution is -0.143. The number of benzene rings is 1. The number of ether oxygens (including phenoxy) is 1. The Kier molecular flexibility index (Phi) is 5.57. The molecule has 0 bridgehead atoms. The fourth-order valence-electron chi connectivity index (χ4n) is 1.29. The van der Waals surface area contributed by atoms with Gasteiger partial charge in [-0.1, -0.05) is 29.3 Å². The summed E-state index contributed by atoms with van der Waals surface area (Å²) in [7, 11) is -3.09. The monoisotopic (exact) mass is 327 g/mol. The van der Waals surface area contributed by atoms with E-state index in [-0.39, 0.29) is 14.9 Å². The lowest BCUT2D eigenvalue weighted by atomic mass is 10.3. The quantitative estimate of drug-likeness (QED) is 0.780. The fourth-order valence-corrected chi connectivity index (χ4v) is 3.61. The number of rotatable bonds is 5. The first-order chi connectivity index (χ1) is 8.83. The Balaban J connectivity index is 3.15. The summed E-state index contributed by atoms with van der Waals surface area (Å²) >= 11 is 11.5. The SMILES string of the molecule is COC(=O)C(CO)NS(=O)(=O)c1c(Cl)cccc1Cl. The van der Waals surface area contributed by atoms with Crippen LogP contribution < -0.4 is 4.72 Å². The normalized spacial score (nSPS) is 13.1. The fraction of sp³-hybridized carbons (Fsp3) is 0.300. The van der Waals surface area contributed by atoms with Crippen LogP contribution >= 0.6 is 23.2 Å². The van der Waals surface area contributed by atoms with E-state index >= 15 is 0 Å². The first-order valence-electron chi connectivity index (χ1n) is 4.98. The summed E-state index contributed by atoms with van der Waals surface area (Å²) in [4.78, 5) is 10.9. The summed E-state index contributed by atoms with van der Waals surface area (Å²) in [5.41, 5.74) is 0. The van der Waals surface area contributed by atoms with Crippen LogP contribution in [0.4, 0.5) is 0 Å². The molecule has 0 saturated carbocycles. The second kappa shape index (κ2) is 6.53. The van der Waals surface area contributed by atoms with Gasteiger partial charge in [0.1, 0.15) is 10.9 Å². The van der Waals surface area contributed by atoms with Crippen LogP contribution in [0.15, 0.2) is 23.1 Å². The van der Waals surface area contributed by atoms with E-state index in [1.54, 1.807) is 0 Å². The third-order valence-corrected chi connectivity index (χ3v) is 4.58. The largest absolute Gasteiger partial charge is 0.468 e. The lowest BCUT2D eigenvalue weighted by Crippen LogP contribution is -2.44. The molecule has 2 N–H and O–H groups in total. The molecular formula is C10H11Cl2NO5S. The molecule has 1 rings (SSSR count). The Hall–Kier alpha value is -0.860. The van der Waals surface area contributed by atoms with Crippen LogP contribution in [0.3, 0.4) is 0 Å². The molecule has 0 aliphatic rings. The van der Waals surface area contributed by atoms with E-state index < -0.39 is 28.6 Å². The van der Waals surface area contributed by atoms with Gasteiger partial charge in [0.05, 0.1) is 23.8 Å². The van der Waals surface area contributed by atoms with Gasteiger partial charge in [0.15, 0.2) is 0 Å². The summed E-state index contributed by atoms with van der Waals surface area (Å²) in [6, 6.07) is 2.73. The highest BCUT2D eigenvalue weighted by Crippen LogP contribution is 2.28. The average molecular weight is 328 g/mol. The van der Waals surface area contributed by atoms with Gasteiger partial charge in [0.25, 0.3) is 0 Å². The van der Waals surface area contributed by atoms with Gasteiger partial charge in [-0.2, -0.15) is 4.72 Å². The maximum atomic E-state index is 12.1. The summed E-state index contributed by atoms with van der Waals surface area (Å²) in [6.07, 6.45) is 0. The molecule has 106 valence electrons. The number of aliphatic hydroxyl groups is 1. The second-order valence-corrected chi connectivity index (χ2v) is 5.90. The molecule has 0 heterocycles. The van der Waals surface area contributed by atoms with Crippen LogP contribution in [0, 0.1) is 0 Å². The van der Waals surface area contributed by atoms with E-state index in [0.29, 0.717) is 0 Å². The number of esters is 1. The average Bonchev–Trinajstić information content (AvgIpc) is 2.34. The maximum Gasteiger partial charge on any atom is 0.326 e. The van der Waals surface area contributed by atoms with Crippen molar-refractivity contribution < 1.29 is 23.1 Å². The smallest absolute Gasteiger partial charge is 0.326 e. The molecule has 0 spiro atoms. The molecule has 0 fully saturated rings. The highest BCUT2D eigenvalue weighted by molar-refractivity contribution is 7.89. The molecule has 0 aliphatic carbocycles. The predicted molar refractivity (Wildman–Crippen MR) is 69.7 cm³/mol. The molecule has 0 radical (unpaired) electrons. The van der Waals surface area contributed by atoms with E-state index in [0.717, 1.165) is 7.11 Å². The van der Waals surface area contributed by atoms with Crippen LogP contribution in [0.1, 0.15) is 0 Å². The lowest BCUT2D eigenvalue weighted by Gasteiger charge is -2.15. The molecule has 9 heteroatoms. The van der Waals surface area contributed by atoms with Crippen molar-refractivity contribution >= 4 is 39.2 Å². The van der Waals surface area contributed by atoms with Gasteiger partial charge in [0.2, 0.25) is 10.0 Å². The summed E-state index contributed by atoms with van der Waals surface area (Å²) in [5, 5.41) is 8.79. The number of hydrogen-bond donors (Lipinski definition) is 2. The maximum absolute atomic E-state index is 12.1. The first kappa shape index (κ1) is 16.2. The number of nitrogens with one attached hydrogen (secondary N) is 1. The van der Waals surface area contributed by atoms with E-state index in [4.69, 9.17) is 28.3 Å². The van der Waals surface area contributed by atoms with Crippen molar-refractivity contribution in [1.82, 2.24) is 4.72 Å². The zero-order chi connectivity index (χ0) is 14.6. The number of aliphatic hydroxyl groups excluding tert-OH is 1. The molecule has 19 heavy (non-hydrogen) atoms. The van der Waals surface area contributed by atoms with Crippen molar-refractivity contribution in [3.63, 3.8) is 0 Å². The number of carbonyl (C=O) groups is 1. The summed E-state index contributed by atoms with van der Waals surface area (Å²) in [6.45, 7) is -0.756. The van der Waals surface area contributed by atoms with Crippen LogP contribution in [-0.2, 0) is 19.6 Å². The highest BCUT2D eigenvalue weighted by Gasteiger charge is 2.28. The Morgan fingerprint density at radius 2 is 1.95 bits per heavy atom. The minimum absolute atomic E-state index is 0.0958. The molecule has 0 aromatic heterocycles. The van der Waals surface area contributed by atoms with E-state index in [1.807, 2.05) is 4.72 Å². The third kappa shape index (κ3) is 3.80. The standard InChI is InChI=1S/C10H11Cl2NO5S/c1-18-10(15)8(5-14)13-19(16,17)9-6(11)3-2-4-7(9)12/h2-4,8,13-14H,5H2,1H3. The van der Waals surface area contributed by atoms with Crippen molar-refractivity contribution in [3.8, 4) is 0 Å². The van der Waals surface area contributed by atoms with Crippen molar-refractivity contribution in [2.75, 3.05) is 13.7 Å². The van der Waals surface area contributed by atoms with Gasteiger partial charge in [-0.15, -0.1) is 0 Å². The van der Waals surface area contributed by atoms with Gasteiger partial charge >= 0.3 is 5.97 Å². The van der Waals surface area contributed by atoms with Crippen molar-refractivity contribution in [2.24, 2.45) is 0 Å². The summed E-state index contributed by atoms with van der Waals surface area (Å²) in [5.74, 6) is -0.922. The Bertz CT molecular complexity index is 555. The zero-order valence-corrected chi connectivity index (χ0v) is 12.1.